The van der Waals surface area contributed by atoms with Crippen LogP contribution in [0.4, 0.5) is 5.13 Å². The average molecular weight is 493 g/mol. The lowest BCUT2D eigenvalue weighted by molar-refractivity contribution is -0.119. The molecular formula is C21H24N4O6S2. The van der Waals surface area contributed by atoms with E-state index in [-0.39, 0.29) is 34.3 Å². The van der Waals surface area contributed by atoms with E-state index in [4.69, 9.17) is 9.57 Å². The molecule has 2 aliphatic rings. The SMILES string of the molecule is CNC(=O)Cc1cnc(NC(=O)/C(=N/O[C@@H]2CCOC2)c2ccc(S(=O)(=O)C3CC3)cc2)s1. The number of nitrogens with one attached hydrogen (secondary N) is 2. The van der Waals surface area contributed by atoms with Gasteiger partial charge in [-0.2, -0.15) is 0 Å². The molecule has 0 spiro atoms. The van der Waals surface area contributed by atoms with Crippen LogP contribution in [0.15, 0.2) is 40.5 Å². The number of carbonyl (C=O) groups excluding carboxylic acids is 2. The number of hydrogen-bond acceptors (Lipinski definition) is 9. The van der Waals surface area contributed by atoms with Crippen molar-refractivity contribution < 1.29 is 27.6 Å². The summed E-state index contributed by atoms with van der Waals surface area (Å²) < 4.78 is 30.2. The van der Waals surface area contributed by atoms with Crippen LogP contribution in [-0.4, -0.2) is 62.5 Å². The first kappa shape index (κ1) is 23.3. The van der Waals surface area contributed by atoms with Crippen molar-refractivity contribution in [3.63, 3.8) is 0 Å². The van der Waals surface area contributed by atoms with Crippen LogP contribution in [0.25, 0.3) is 0 Å². The van der Waals surface area contributed by atoms with E-state index < -0.39 is 15.7 Å². The summed E-state index contributed by atoms with van der Waals surface area (Å²) in [6.45, 7) is 0.939. The molecule has 33 heavy (non-hydrogen) atoms. The molecule has 0 unspecified atom stereocenters. The molecule has 2 aromatic rings. The number of oxime groups is 1. The number of thiazole rings is 1. The topological polar surface area (TPSA) is 136 Å². The van der Waals surface area contributed by atoms with Gasteiger partial charge in [0.25, 0.3) is 5.91 Å². The van der Waals surface area contributed by atoms with Gasteiger partial charge in [0.2, 0.25) is 5.91 Å². The number of carbonyl (C=O) groups is 2. The van der Waals surface area contributed by atoms with E-state index in [9.17, 15) is 18.0 Å². The number of likely N-dealkylation sites (N-methyl/N-ethyl adjacent to an activating group) is 1. The van der Waals surface area contributed by atoms with Crippen LogP contribution in [-0.2, 0) is 35.4 Å². The molecule has 4 rings (SSSR count). The van der Waals surface area contributed by atoms with Gasteiger partial charge < -0.3 is 14.9 Å². The predicted molar refractivity (Wildman–Crippen MR) is 122 cm³/mol. The third kappa shape index (κ3) is 5.75. The van der Waals surface area contributed by atoms with Crippen molar-refractivity contribution in [3.05, 3.63) is 40.9 Å². The zero-order valence-corrected chi connectivity index (χ0v) is 19.6. The average Bonchev–Trinajstić information content (AvgIpc) is 3.39. The predicted octanol–water partition coefficient (Wildman–Crippen LogP) is 1.52. The lowest BCUT2D eigenvalue weighted by atomic mass is 10.1. The van der Waals surface area contributed by atoms with Gasteiger partial charge in [-0.25, -0.2) is 13.4 Å². The number of ether oxygens (including phenoxy) is 1. The molecule has 1 saturated heterocycles. The highest BCUT2D eigenvalue weighted by Crippen LogP contribution is 2.33. The maximum absolute atomic E-state index is 13.0. The van der Waals surface area contributed by atoms with Crippen LogP contribution in [0.1, 0.15) is 29.7 Å². The summed E-state index contributed by atoms with van der Waals surface area (Å²) in [6, 6.07) is 6.05. The number of aromatic nitrogens is 1. The standard InChI is InChI=1S/C21H24N4O6S2/c1-22-18(26)10-15-11-23-21(32-15)24-20(27)19(25-31-14-8-9-30-12-14)13-2-4-16(5-3-13)33(28,29)17-6-7-17/h2-5,11,14,17H,6-10,12H2,1H3,(H,22,26)(H,23,24,27)/b25-19+/t14-/m1/s1. The van der Waals surface area contributed by atoms with Crippen LogP contribution in [0, 0.1) is 0 Å². The molecule has 1 aromatic heterocycles. The van der Waals surface area contributed by atoms with Crippen molar-refractivity contribution in [2.45, 2.75) is 41.9 Å². The molecule has 1 aliphatic carbocycles. The Bertz CT molecular complexity index is 1150. The van der Waals surface area contributed by atoms with Crippen LogP contribution in [0.5, 0.6) is 0 Å². The summed E-state index contributed by atoms with van der Waals surface area (Å²) in [4.78, 5) is 35.1. The summed E-state index contributed by atoms with van der Waals surface area (Å²) >= 11 is 1.18. The number of anilines is 1. The molecule has 2 N–H and O–H groups in total. The highest BCUT2D eigenvalue weighted by atomic mass is 32.2. The van der Waals surface area contributed by atoms with Crippen molar-refractivity contribution in [1.82, 2.24) is 10.3 Å². The molecule has 176 valence electrons. The Morgan fingerprint density at radius 1 is 1.24 bits per heavy atom. The molecule has 12 heteroatoms. The summed E-state index contributed by atoms with van der Waals surface area (Å²) in [5, 5.41) is 9.27. The quantitative estimate of drug-likeness (QED) is 0.400. The fourth-order valence-electron chi connectivity index (χ4n) is 3.17. The Hall–Kier alpha value is -2.83. The second-order valence-corrected chi connectivity index (χ2v) is 11.1. The molecule has 2 amide bonds. The fourth-order valence-corrected chi connectivity index (χ4v) is 5.63. The Kier molecular flexibility index (Phi) is 7.05. The first-order chi connectivity index (χ1) is 15.9. The van der Waals surface area contributed by atoms with E-state index in [0.29, 0.717) is 48.0 Å². The minimum atomic E-state index is -3.34. The number of benzene rings is 1. The summed E-state index contributed by atoms with van der Waals surface area (Å²) in [6.07, 6.45) is 3.43. The Labute approximate surface area is 195 Å². The van der Waals surface area contributed by atoms with E-state index >= 15 is 0 Å². The third-order valence-electron chi connectivity index (χ3n) is 5.20. The minimum Gasteiger partial charge on any atom is -0.389 e. The maximum Gasteiger partial charge on any atom is 0.280 e. The Balaban J connectivity index is 1.53. The van der Waals surface area contributed by atoms with Gasteiger partial charge in [0, 0.05) is 30.1 Å². The van der Waals surface area contributed by atoms with Crippen molar-refractivity contribution >= 4 is 43.8 Å². The second-order valence-electron chi connectivity index (χ2n) is 7.74. The highest BCUT2D eigenvalue weighted by molar-refractivity contribution is 7.92. The molecule has 1 aliphatic heterocycles. The van der Waals surface area contributed by atoms with Crippen molar-refractivity contribution in [3.8, 4) is 0 Å². The van der Waals surface area contributed by atoms with E-state index in [2.05, 4.69) is 20.8 Å². The number of amides is 2. The second kappa shape index (κ2) is 9.98. The number of sulfone groups is 1. The van der Waals surface area contributed by atoms with Gasteiger partial charge in [-0.15, -0.1) is 11.3 Å². The zero-order valence-electron chi connectivity index (χ0n) is 17.9. The van der Waals surface area contributed by atoms with E-state index in [0.717, 1.165) is 0 Å². The van der Waals surface area contributed by atoms with Gasteiger partial charge in [0.15, 0.2) is 26.8 Å². The summed E-state index contributed by atoms with van der Waals surface area (Å²) in [7, 11) is -1.79. The van der Waals surface area contributed by atoms with Gasteiger partial charge >= 0.3 is 0 Å². The molecule has 2 fully saturated rings. The van der Waals surface area contributed by atoms with Gasteiger partial charge in [0.05, 0.1) is 29.8 Å². The lowest BCUT2D eigenvalue weighted by Crippen LogP contribution is -2.25. The summed E-state index contributed by atoms with van der Waals surface area (Å²) in [5.74, 6) is -0.722. The summed E-state index contributed by atoms with van der Waals surface area (Å²) in [5.41, 5.74) is 0.392. The van der Waals surface area contributed by atoms with E-state index in [1.165, 1.54) is 29.7 Å². The maximum atomic E-state index is 13.0. The monoisotopic (exact) mass is 492 g/mol. The van der Waals surface area contributed by atoms with Gasteiger partial charge in [-0.1, -0.05) is 17.3 Å². The number of hydrogen-bond donors (Lipinski definition) is 2. The van der Waals surface area contributed by atoms with Crippen LogP contribution >= 0.6 is 11.3 Å². The van der Waals surface area contributed by atoms with Crippen LogP contribution < -0.4 is 10.6 Å². The van der Waals surface area contributed by atoms with Crippen molar-refractivity contribution in [1.29, 1.82) is 0 Å². The number of nitrogens with zero attached hydrogens (tertiary/aromatic N) is 2. The molecule has 1 saturated carbocycles. The van der Waals surface area contributed by atoms with Crippen LogP contribution in [0.2, 0.25) is 0 Å². The Morgan fingerprint density at radius 3 is 2.64 bits per heavy atom. The minimum absolute atomic E-state index is 0.0136. The first-order valence-electron chi connectivity index (χ1n) is 10.5. The zero-order chi connectivity index (χ0) is 23.4. The largest absolute Gasteiger partial charge is 0.389 e. The molecule has 0 bridgehead atoms. The van der Waals surface area contributed by atoms with Gasteiger partial charge in [-0.05, 0) is 25.0 Å². The fraction of sp³-hybridized carbons (Fsp3) is 0.429. The smallest absolute Gasteiger partial charge is 0.280 e. The third-order valence-corrected chi connectivity index (χ3v) is 8.39. The lowest BCUT2D eigenvalue weighted by Gasteiger charge is -2.10. The van der Waals surface area contributed by atoms with Gasteiger partial charge in [-0.3, -0.25) is 14.9 Å². The molecular weight excluding hydrogens is 468 g/mol. The van der Waals surface area contributed by atoms with Crippen molar-refractivity contribution in [2.24, 2.45) is 5.16 Å². The first-order valence-corrected chi connectivity index (χ1v) is 12.9. The molecule has 2 heterocycles. The molecule has 1 aromatic carbocycles. The normalized spacial score (nSPS) is 18.7. The molecule has 1 atom stereocenters. The van der Waals surface area contributed by atoms with Crippen LogP contribution in [0.3, 0.4) is 0 Å². The Morgan fingerprint density at radius 2 is 2.00 bits per heavy atom. The van der Waals surface area contributed by atoms with E-state index in [1.54, 1.807) is 19.2 Å². The molecule has 0 radical (unpaired) electrons. The number of rotatable bonds is 9. The highest BCUT2D eigenvalue weighted by Gasteiger charge is 2.36. The van der Waals surface area contributed by atoms with E-state index in [1.807, 2.05) is 0 Å². The van der Waals surface area contributed by atoms with Crippen molar-refractivity contribution in [2.75, 3.05) is 25.6 Å². The van der Waals surface area contributed by atoms with Gasteiger partial charge in [0.1, 0.15) is 0 Å². The molecule has 10 nitrogen and oxygen atoms in total.